The number of carbonyl (C=O) groups excluding carboxylic acids is 1. The van der Waals surface area contributed by atoms with Crippen LogP contribution in [0, 0.1) is 0 Å². The van der Waals surface area contributed by atoms with Crippen LogP contribution in [-0.2, 0) is 4.74 Å². The number of fused-ring (bicyclic) bond motifs is 2. The molecule has 3 aromatic rings. The Bertz CT molecular complexity index is 923. The lowest BCUT2D eigenvalue weighted by atomic mass is 10.0. The molecule has 2 heterocycles. The summed E-state index contributed by atoms with van der Waals surface area (Å²) in [6.07, 6.45) is -0.661. The van der Waals surface area contributed by atoms with E-state index in [1.165, 1.54) is 0 Å². The van der Waals surface area contributed by atoms with Gasteiger partial charge in [-0.2, -0.15) is 0 Å². The third-order valence-electron chi connectivity index (χ3n) is 3.64. The first-order chi connectivity index (χ1) is 10.2. The molecule has 4 rings (SSSR count). The van der Waals surface area contributed by atoms with Crippen LogP contribution >= 0.6 is 0 Å². The number of cyclic esters (lactones) is 1. The van der Waals surface area contributed by atoms with Gasteiger partial charge in [-0.15, -0.1) is 0 Å². The molecule has 21 heavy (non-hydrogen) atoms. The zero-order valence-electron chi connectivity index (χ0n) is 10.9. The molecule has 0 aliphatic carbocycles. The zero-order chi connectivity index (χ0) is 14.4. The van der Waals surface area contributed by atoms with Gasteiger partial charge in [0.15, 0.2) is 11.9 Å². The van der Waals surface area contributed by atoms with E-state index >= 15 is 0 Å². The van der Waals surface area contributed by atoms with Crippen molar-refractivity contribution >= 4 is 16.7 Å². The normalized spacial score (nSPS) is 16.8. The fourth-order valence-electron chi connectivity index (χ4n) is 2.64. The SMILES string of the molecule is O=C1O[C@H](c2cc3ccccc3c(=O)o2)c2ccccc21. The Labute approximate surface area is 119 Å². The van der Waals surface area contributed by atoms with Crippen molar-refractivity contribution in [1.82, 2.24) is 0 Å². The van der Waals surface area contributed by atoms with E-state index in [4.69, 9.17) is 9.15 Å². The quantitative estimate of drug-likeness (QED) is 0.642. The van der Waals surface area contributed by atoms with Gasteiger partial charge in [0.05, 0.1) is 10.9 Å². The van der Waals surface area contributed by atoms with E-state index in [1.54, 1.807) is 36.4 Å². The van der Waals surface area contributed by atoms with Crippen LogP contribution in [0.2, 0.25) is 0 Å². The number of rotatable bonds is 1. The van der Waals surface area contributed by atoms with Crippen LogP contribution in [0.5, 0.6) is 0 Å². The van der Waals surface area contributed by atoms with Crippen molar-refractivity contribution in [3.63, 3.8) is 0 Å². The maximum atomic E-state index is 12.0. The molecule has 0 fully saturated rings. The van der Waals surface area contributed by atoms with Crippen molar-refractivity contribution in [2.24, 2.45) is 0 Å². The smallest absolute Gasteiger partial charge is 0.343 e. The largest absolute Gasteiger partial charge is 0.446 e. The fraction of sp³-hybridized carbons (Fsp3) is 0.0588. The van der Waals surface area contributed by atoms with Gasteiger partial charge in [0, 0.05) is 5.56 Å². The standard InChI is InChI=1S/C17H10O4/c18-16-11-6-2-1-5-10(11)9-14(20-16)15-12-7-3-4-8-13(12)17(19)21-15/h1-9,15H/t15-/m0/s1. The molecule has 1 aromatic heterocycles. The number of carbonyl (C=O) groups is 1. The van der Waals surface area contributed by atoms with Crippen molar-refractivity contribution in [3.8, 4) is 0 Å². The molecule has 2 aromatic carbocycles. The number of benzene rings is 2. The minimum absolute atomic E-state index is 0.344. The van der Waals surface area contributed by atoms with Crippen molar-refractivity contribution in [2.45, 2.75) is 6.10 Å². The Hall–Kier alpha value is -2.88. The van der Waals surface area contributed by atoms with Gasteiger partial charge in [-0.1, -0.05) is 36.4 Å². The summed E-state index contributed by atoms with van der Waals surface area (Å²) in [6.45, 7) is 0. The summed E-state index contributed by atoms with van der Waals surface area (Å²) in [7, 11) is 0. The number of hydrogen-bond donors (Lipinski definition) is 0. The van der Waals surface area contributed by atoms with E-state index < -0.39 is 17.7 Å². The van der Waals surface area contributed by atoms with Gasteiger partial charge in [0.25, 0.3) is 0 Å². The van der Waals surface area contributed by atoms with Gasteiger partial charge >= 0.3 is 11.6 Å². The van der Waals surface area contributed by atoms with E-state index in [9.17, 15) is 9.59 Å². The molecule has 1 atom stereocenters. The highest BCUT2D eigenvalue weighted by Crippen LogP contribution is 2.35. The van der Waals surface area contributed by atoms with Crippen molar-refractivity contribution in [1.29, 1.82) is 0 Å². The molecule has 0 saturated heterocycles. The van der Waals surface area contributed by atoms with Gasteiger partial charge < -0.3 is 9.15 Å². The highest BCUT2D eigenvalue weighted by atomic mass is 16.6. The molecule has 0 unspecified atom stereocenters. The van der Waals surface area contributed by atoms with Crippen LogP contribution < -0.4 is 5.63 Å². The molecular formula is C17H10O4. The third-order valence-corrected chi connectivity index (χ3v) is 3.64. The summed E-state index contributed by atoms with van der Waals surface area (Å²) in [5.74, 6) is -0.0524. The van der Waals surface area contributed by atoms with Crippen LogP contribution in [0.1, 0.15) is 27.8 Å². The monoisotopic (exact) mass is 278 g/mol. The maximum absolute atomic E-state index is 12.0. The van der Waals surface area contributed by atoms with E-state index in [0.29, 0.717) is 16.7 Å². The van der Waals surface area contributed by atoms with E-state index in [1.807, 2.05) is 18.2 Å². The first-order valence-corrected chi connectivity index (χ1v) is 6.57. The van der Waals surface area contributed by atoms with Crippen molar-refractivity contribution in [3.05, 3.63) is 81.9 Å². The molecule has 0 radical (unpaired) electrons. The molecule has 4 nitrogen and oxygen atoms in total. The molecule has 1 aliphatic rings. The summed E-state index contributed by atoms with van der Waals surface area (Å²) >= 11 is 0. The highest BCUT2D eigenvalue weighted by Gasteiger charge is 2.33. The van der Waals surface area contributed by atoms with Crippen molar-refractivity contribution < 1.29 is 13.9 Å². The third kappa shape index (κ3) is 1.76. The first kappa shape index (κ1) is 11.9. The lowest BCUT2D eigenvalue weighted by Crippen LogP contribution is -2.07. The second-order valence-corrected chi connectivity index (χ2v) is 4.90. The molecule has 102 valence electrons. The predicted molar refractivity (Wildman–Crippen MR) is 76.2 cm³/mol. The van der Waals surface area contributed by atoms with Gasteiger partial charge in [0.2, 0.25) is 0 Å². The molecule has 0 N–H and O–H groups in total. The topological polar surface area (TPSA) is 56.5 Å². The Kier molecular flexibility index (Phi) is 2.44. The van der Waals surface area contributed by atoms with Crippen LogP contribution in [0.25, 0.3) is 10.8 Å². The number of esters is 1. The van der Waals surface area contributed by atoms with Gasteiger partial charge in [0.1, 0.15) is 0 Å². The van der Waals surface area contributed by atoms with Crippen LogP contribution in [0.4, 0.5) is 0 Å². The number of ether oxygens (including phenoxy) is 1. The Morgan fingerprint density at radius 2 is 1.67 bits per heavy atom. The van der Waals surface area contributed by atoms with Crippen molar-refractivity contribution in [2.75, 3.05) is 0 Å². The molecule has 1 aliphatic heterocycles. The molecule has 4 heteroatoms. The maximum Gasteiger partial charge on any atom is 0.343 e. The molecule has 0 bridgehead atoms. The lowest BCUT2D eigenvalue weighted by Gasteiger charge is -2.10. The summed E-state index contributed by atoms with van der Waals surface area (Å²) in [4.78, 5) is 23.9. The second-order valence-electron chi connectivity index (χ2n) is 4.90. The highest BCUT2D eigenvalue weighted by molar-refractivity contribution is 5.94. The van der Waals surface area contributed by atoms with E-state index in [2.05, 4.69) is 0 Å². The Morgan fingerprint density at radius 3 is 2.57 bits per heavy atom. The first-order valence-electron chi connectivity index (χ1n) is 6.57. The summed E-state index contributed by atoms with van der Waals surface area (Å²) in [5, 5.41) is 1.28. The molecule has 0 saturated carbocycles. The van der Waals surface area contributed by atoms with E-state index in [-0.39, 0.29) is 0 Å². The molecular weight excluding hydrogens is 268 g/mol. The number of hydrogen-bond acceptors (Lipinski definition) is 4. The second kappa shape index (κ2) is 4.31. The van der Waals surface area contributed by atoms with E-state index in [0.717, 1.165) is 10.9 Å². The van der Waals surface area contributed by atoms with Crippen LogP contribution in [0.3, 0.4) is 0 Å². The van der Waals surface area contributed by atoms with Crippen LogP contribution in [-0.4, -0.2) is 5.97 Å². The summed E-state index contributed by atoms with van der Waals surface area (Å²) in [6, 6.07) is 16.0. The average Bonchev–Trinajstić information content (AvgIpc) is 2.85. The fourth-order valence-corrected chi connectivity index (χ4v) is 2.64. The summed E-state index contributed by atoms with van der Waals surface area (Å²) < 4.78 is 10.7. The average molecular weight is 278 g/mol. The lowest BCUT2D eigenvalue weighted by molar-refractivity contribution is 0.0416. The molecule has 0 amide bonds. The predicted octanol–water partition coefficient (Wildman–Crippen LogP) is 3.05. The molecule has 0 spiro atoms. The Morgan fingerprint density at radius 1 is 0.905 bits per heavy atom. The zero-order valence-corrected chi connectivity index (χ0v) is 10.9. The summed E-state index contributed by atoms with van der Waals surface area (Å²) in [5.41, 5.74) is 0.808. The Balaban J connectivity index is 1.93. The minimum Gasteiger partial charge on any atom is -0.446 e. The van der Waals surface area contributed by atoms with Gasteiger partial charge in [-0.05, 0) is 23.6 Å². The van der Waals surface area contributed by atoms with Gasteiger partial charge in [-0.25, -0.2) is 9.59 Å². The van der Waals surface area contributed by atoms with Gasteiger partial charge in [-0.3, -0.25) is 0 Å². The van der Waals surface area contributed by atoms with Crippen LogP contribution in [0.15, 0.2) is 63.8 Å². The minimum atomic E-state index is -0.661.